The zero-order chi connectivity index (χ0) is 18.3. The number of esters is 2. The molecule has 2 atom stereocenters. The van der Waals surface area contributed by atoms with Gasteiger partial charge in [-0.25, -0.2) is 0 Å². The molecule has 0 saturated heterocycles. The normalized spacial score (nSPS) is 19.1. The summed E-state index contributed by atoms with van der Waals surface area (Å²) >= 11 is 0. The first kappa shape index (κ1) is 16.4. The molecule has 0 spiro atoms. The number of benzene rings is 2. The monoisotopic (exact) mass is 349 g/mol. The highest BCUT2D eigenvalue weighted by Gasteiger charge is 2.45. The van der Waals surface area contributed by atoms with E-state index in [1.54, 1.807) is 13.0 Å². The summed E-state index contributed by atoms with van der Waals surface area (Å²) in [5.41, 5.74) is 3.78. The maximum absolute atomic E-state index is 12.6. The van der Waals surface area contributed by atoms with Crippen molar-refractivity contribution in [1.82, 2.24) is 4.98 Å². The van der Waals surface area contributed by atoms with Crippen molar-refractivity contribution in [2.24, 2.45) is 5.92 Å². The van der Waals surface area contributed by atoms with Crippen molar-refractivity contribution in [1.29, 1.82) is 0 Å². The second kappa shape index (κ2) is 6.33. The van der Waals surface area contributed by atoms with Crippen LogP contribution >= 0.6 is 0 Å². The van der Waals surface area contributed by atoms with Crippen molar-refractivity contribution >= 4 is 22.8 Å². The molecule has 0 bridgehead atoms. The molecule has 26 heavy (non-hydrogen) atoms. The molecular weight excluding hydrogens is 330 g/mol. The van der Waals surface area contributed by atoms with Crippen LogP contribution in [0, 0.1) is 12.8 Å². The topological polar surface area (TPSA) is 68.4 Å². The number of aromatic nitrogens is 1. The third-order valence-corrected chi connectivity index (χ3v) is 4.80. The minimum absolute atomic E-state index is 0.212. The van der Waals surface area contributed by atoms with E-state index in [1.165, 1.54) is 0 Å². The number of H-pyrrole nitrogens is 1. The molecular formula is C21H19NO4. The number of hydrogen-bond donors (Lipinski definition) is 1. The van der Waals surface area contributed by atoms with Crippen molar-refractivity contribution < 1.29 is 19.1 Å². The predicted octanol–water partition coefficient (Wildman–Crippen LogP) is 3.71. The summed E-state index contributed by atoms with van der Waals surface area (Å²) in [6.45, 7) is 3.95. The summed E-state index contributed by atoms with van der Waals surface area (Å²) in [7, 11) is 0. The fraction of sp³-hybridized carbons (Fsp3) is 0.238. The Morgan fingerprint density at radius 3 is 2.81 bits per heavy atom. The molecule has 3 aromatic rings. The Bertz CT molecular complexity index is 1000. The number of rotatable bonds is 3. The molecule has 0 unspecified atom stereocenters. The van der Waals surface area contributed by atoms with Gasteiger partial charge in [0.15, 0.2) is 5.92 Å². The molecule has 1 aliphatic heterocycles. The molecule has 1 aromatic heterocycles. The number of carbonyl (C=O) groups excluding carboxylic acids is 2. The van der Waals surface area contributed by atoms with Crippen LogP contribution in [0.2, 0.25) is 0 Å². The molecule has 5 nitrogen and oxygen atoms in total. The van der Waals surface area contributed by atoms with Gasteiger partial charge in [0.1, 0.15) is 5.75 Å². The molecule has 0 radical (unpaired) electrons. The first-order valence-electron chi connectivity index (χ1n) is 8.65. The van der Waals surface area contributed by atoms with E-state index in [4.69, 9.17) is 9.47 Å². The van der Waals surface area contributed by atoms with E-state index in [0.717, 1.165) is 27.6 Å². The average molecular weight is 349 g/mol. The molecule has 0 amide bonds. The van der Waals surface area contributed by atoms with Gasteiger partial charge >= 0.3 is 11.9 Å². The zero-order valence-electron chi connectivity index (χ0n) is 14.6. The van der Waals surface area contributed by atoms with Gasteiger partial charge in [0.25, 0.3) is 0 Å². The summed E-state index contributed by atoms with van der Waals surface area (Å²) < 4.78 is 10.6. The van der Waals surface area contributed by atoms with E-state index in [9.17, 15) is 9.59 Å². The van der Waals surface area contributed by atoms with Crippen LogP contribution in [0.4, 0.5) is 0 Å². The van der Waals surface area contributed by atoms with Gasteiger partial charge in [-0.1, -0.05) is 29.8 Å². The average Bonchev–Trinajstić information content (AvgIpc) is 3.03. The molecule has 0 aliphatic carbocycles. The number of aromatic amines is 1. The molecule has 132 valence electrons. The van der Waals surface area contributed by atoms with E-state index in [1.807, 2.05) is 43.5 Å². The van der Waals surface area contributed by atoms with Crippen LogP contribution in [0.5, 0.6) is 5.75 Å². The Balaban J connectivity index is 1.94. The van der Waals surface area contributed by atoms with Gasteiger partial charge in [0.2, 0.25) is 0 Å². The number of carbonyl (C=O) groups is 2. The second-order valence-electron chi connectivity index (χ2n) is 6.46. The molecule has 2 aromatic carbocycles. The number of nitrogens with one attached hydrogen (secondary N) is 1. The minimum Gasteiger partial charge on any atom is -0.465 e. The molecule has 1 aliphatic rings. The van der Waals surface area contributed by atoms with Gasteiger partial charge in [-0.15, -0.1) is 0 Å². The summed E-state index contributed by atoms with van der Waals surface area (Å²) in [4.78, 5) is 28.5. The van der Waals surface area contributed by atoms with Gasteiger partial charge in [0.05, 0.1) is 6.61 Å². The third kappa shape index (κ3) is 2.56. The Hall–Kier alpha value is -3.08. The van der Waals surface area contributed by atoms with E-state index in [0.29, 0.717) is 5.75 Å². The minimum atomic E-state index is -1.02. The molecule has 4 rings (SSSR count). The molecule has 1 N–H and O–H groups in total. The first-order valence-corrected chi connectivity index (χ1v) is 8.65. The maximum Gasteiger partial charge on any atom is 0.326 e. The van der Waals surface area contributed by atoms with E-state index in [2.05, 4.69) is 11.1 Å². The Kier molecular flexibility index (Phi) is 3.99. The highest BCUT2D eigenvalue weighted by molar-refractivity contribution is 6.00. The van der Waals surface area contributed by atoms with E-state index in [-0.39, 0.29) is 6.61 Å². The number of hydrogen-bond acceptors (Lipinski definition) is 4. The summed E-state index contributed by atoms with van der Waals surface area (Å²) in [5, 5.41) is 0.994. The highest BCUT2D eigenvalue weighted by atomic mass is 16.6. The Morgan fingerprint density at radius 1 is 1.19 bits per heavy atom. The summed E-state index contributed by atoms with van der Waals surface area (Å²) in [6, 6.07) is 13.4. The smallest absolute Gasteiger partial charge is 0.326 e. The van der Waals surface area contributed by atoms with Gasteiger partial charge < -0.3 is 14.5 Å². The predicted molar refractivity (Wildman–Crippen MR) is 97.1 cm³/mol. The molecule has 0 saturated carbocycles. The lowest BCUT2D eigenvalue weighted by Gasteiger charge is -2.30. The van der Waals surface area contributed by atoms with Gasteiger partial charge in [-0.2, -0.15) is 0 Å². The quantitative estimate of drug-likeness (QED) is 0.445. The van der Waals surface area contributed by atoms with Crippen molar-refractivity contribution in [2.45, 2.75) is 19.8 Å². The maximum atomic E-state index is 12.6. The standard InChI is InChI=1S/C21H19NO4/c1-3-25-20(23)19-18(13-6-4-5-7-17(13)26-21(19)24)15-11-22-16-9-8-12(2)10-14(15)16/h4-11,18-19,22H,3H2,1-2H3/t18-,19+/m1/s1. The lowest BCUT2D eigenvalue weighted by atomic mass is 9.78. The second-order valence-corrected chi connectivity index (χ2v) is 6.46. The Morgan fingerprint density at radius 2 is 2.00 bits per heavy atom. The van der Waals surface area contributed by atoms with Gasteiger partial charge in [0, 0.05) is 28.6 Å². The van der Waals surface area contributed by atoms with Crippen LogP contribution < -0.4 is 4.74 Å². The number of aryl methyl sites for hydroxylation is 1. The third-order valence-electron chi connectivity index (χ3n) is 4.80. The van der Waals surface area contributed by atoms with Crippen LogP contribution in [-0.4, -0.2) is 23.5 Å². The van der Waals surface area contributed by atoms with Crippen molar-refractivity contribution in [2.75, 3.05) is 6.61 Å². The van der Waals surface area contributed by atoms with E-state index < -0.39 is 23.8 Å². The molecule has 2 heterocycles. The van der Waals surface area contributed by atoms with Crippen molar-refractivity contribution in [3.05, 3.63) is 65.4 Å². The lowest BCUT2D eigenvalue weighted by molar-refractivity contribution is -0.158. The van der Waals surface area contributed by atoms with Crippen LogP contribution in [0.3, 0.4) is 0 Å². The zero-order valence-corrected chi connectivity index (χ0v) is 14.6. The van der Waals surface area contributed by atoms with Crippen LogP contribution in [0.25, 0.3) is 10.9 Å². The molecule has 0 fully saturated rings. The first-order chi connectivity index (χ1) is 12.6. The number of fused-ring (bicyclic) bond motifs is 2. The van der Waals surface area contributed by atoms with Crippen molar-refractivity contribution in [3.63, 3.8) is 0 Å². The van der Waals surface area contributed by atoms with Gasteiger partial charge in [-0.3, -0.25) is 9.59 Å². The fourth-order valence-corrected chi connectivity index (χ4v) is 3.64. The van der Waals surface area contributed by atoms with Crippen molar-refractivity contribution in [3.8, 4) is 5.75 Å². The Labute approximate surface area is 150 Å². The molecule has 5 heteroatoms. The number of ether oxygens (including phenoxy) is 2. The summed E-state index contributed by atoms with van der Waals surface area (Å²) in [5.74, 6) is -2.12. The summed E-state index contributed by atoms with van der Waals surface area (Å²) in [6.07, 6.45) is 1.87. The fourth-order valence-electron chi connectivity index (χ4n) is 3.64. The van der Waals surface area contributed by atoms with E-state index >= 15 is 0 Å². The van der Waals surface area contributed by atoms with Gasteiger partial charge in [-0.05, 0) is 37.6 Å². The van der Waals surface area contributed by atoms with Crippen LogP contribution in [0.1, 0.15) is 29.5 Å². The van der Waals surface area contributed by atoms with Crippen LogP contribution in [-0.2, 0) is 14.3 Å². The largest absolute Gasteiger partial charge is 0.465 e. The highest BCUT2D eigenvalue weighted by Crippen LogP contribution is 2.44. The number of para-hydroxylation sites is 1. The SMILES string of the molecule is CCOC(=O)[C@H]1C(=O)Oc2ccccc2[C@@H]1c1c[nH]c2ccc(C)cc12. The lowest BCUT2D eigenvalue weighted by Crippen LogP contribution is -2.38. The van der Waals surface area contributed by atoms with Crippen LogP contribution in [0.15, 0.2) is 48.7 Å².